The number of hydrogen-bond acceptors (Lipinski definition) is 6. The maximum absolute atomic E-state index is 12.4. The van der Waals surface area contributed by atoms with E-state index in [4.69, 9.17) is 4.74 Å². The Labute approximate surface area is 210 Å². The van der Waals surface area contributed by atoms with Crippen LogP contribution >= 0.6 is 11.3 Å². The maximum atomic E-state index is 12.4. The molecule has 9 heteroatoms. The first-order valence-corrected chi connectivity index (χ1v) is 12.7. The Bertz CT molecular complexity index is 1190. The molecule has 1 aromatic carbocycles. The van der Waals surface area contributed by atoms with Crippen LogP contribution in [-0.2, 0) is 15.1 Å². The van der Waals surface area contributed by atoms with Gasteiger partial charge in [-0.15, -0.1) is 11.3 Å². The standard InChI is InChI=1S/C26H33N5O3S/c1-17-13-30(14-18(2)34-17)21-8-6-7-19(11-21)22-16-35-25(28-22)29-23(32)12-27-24(33)20-9-10-31(15-20)26(3,4)5/h6-11,15-18H,12-14H2,1-5H3,(H,27,33)(H,28,29,32). The number of hydrogen-bond donors (Lipinski definition) is 2. The molecule has 0 spiro atoms. The van der Waals surface area contributed by atoms with E-state index in [0.29, 0.717) is 10.7 Å². The van der Waals surface area contributed by atoms with E-state index in [9.17, 15) is 9.59 Å². The van der Waals surface area contributed by atoms with Crippen LogP contribution in [0.25, 0.3) is 11.3 Å². The summed E-state index contributed by atoms with van der Waals surface area (Å²) < 4.78 is 7.81. The van der Waals surface area contributed by atoms with E-state index in [0.717, 1.165) is 30.0 Å². The number of ether oxygens (including phenoxy) is 1. The van der Waals surface area contributed by atoms with E-state index in [1.807, 2.05) is 28.3 Å². The smallest absolute Gasteiger partial charge is 0.253 e. The number of anilines is 2. The molecule has 3 heterocycles. The van der Waals surface area contributed by atoms with Crippen molar-refractivity contribution in [2.75, 3.05) is 29.9 Å². The highest BCUT2D eigenvalue weighted by molar-refractivity contribution is 7.14. The fourth-order valence-electron chi connectivity index (χ4n) is 4.09. The third-order valence-electron chi connectivity index (χ3n) is 5.82. The summed E-state index contributed by atoms with van der Waals surface area (Å²) in [6, 6.07) is 10.0. The summed E-state index contributed by atoms with van der Waals surface area (Å²) in [5, 5.41) is 7.87. The lowest BCUT2D eigenvalue weighted by Gasteiger charge is -2.37. The third kappa shape index (κ3) is 6.29. The first-order valence-electron chi connectivity index (χ1n) is 11.8. The quantitative estimate of drug-likeness (QED) is 0.531. The van der Waals surface area contributed by atoms with Crippen LogP contribution in [-0.4, -0.2) is 53.2 Å². The van der Waals surface area contributed by atoms with Crippen molar-refractivity contribution in [3.63, 3.8) is 0 Å². The molecule has 0 radical (unpaired) electrons. The van der Waals surface area contributed by atoms with E-state index in [-0.39, 0.29) is 36.1 Å². The zero-order valence-corrected chi connectivity index (χ0v) is 21.7. The van der Waals surface area contributed by atoms with Crippen molar-refractivity contribution in [3.05, 3.63) is 53.7 Å². The SMILES string of the molecule is CC1CN(c2cccc(-c3csc(NC(=O)CNC(=O)c4ccn(C(C)(C)C)c4)n3)c2)CC(C)O1. The summed E-state index contributed by atoms with van der Waals surface area (Å²) in [4.78, 5) is 31.7. The summed E-state index contributed by atoms with van der Waals surface area (Å²) in [5.74, 6) is -0.605. The second-order valence-electron chi connectivity index (χ2n) is 9.96. The van der Waals surface area contributed by atoms with Gasteiger partial charge in [-0.3, -0.25) is 9.59 Å². The second-order valence-corrected chi connectivity index (χ2v) is 10.8. The molecule has 2 aromatic heterocycles. The highest BCUT2D eigenvalue weighted by Crippen LogP contribution is 2.29. The van der Waals surface area contributed by atoms with Crippen molar-refractivity contribution >= 4 is 34.0 Å². The molecule has 1 aliphatic heterocycles. The largest absolute Gasteiger partial charge is 0.372 e. The summed E-state index contributed by atoms with van der Waals surface area (Å²) >= 11 is 1.36. The van der Waals surface area contributed by atoms with E-state index >= 15 is 0 Å². The van der Waals surface area contributed by atoms with Gasteiger partial charge in [0.15, 0.2) is 5.13 Å². The van der Waals surface area contributed by atoms with E-state index in [1.54, 1.807) is 12.3 Å². The Balaban J connectivity index is 1.34. The normalized spacial score (nSPS) is 18.4. The predicted octanol–water partition coefficient (Wildman–Crippen LogP) is 4.35. The molecule has 35 heavy (non-hydrogen) atoms. The summed E-state index contributed by atoms with van der Waals surface area (Å²) in [7, 11) is 0. The zero-order chi connectivity index (χ0) is 25.2. The fraction of sp³-hybridized carbons (Fsp3) is 0.423. The van der Waals surface area contributed by atoms with Gasteiger partial charge in [0, 0.05) is 47.7 Å². The molecule has 1 aliphatic rings. The molecule has 1 saturated heterocycles. The third-order valence-corrected chi connectivity index (χ3v) is 6.57. The van der Waals surface area contributed by atoms with Crippen molar-refractivity contribution in [2.24, 2.45) is 0 Å². The van der Waals surface area contributed by atoms with Crippen molar-refractivity contribution in [1.29, 1.82) is 0 Å². The molecule has 3 aromatic rings. The van der Waals surface area contributed by atoms with Gasteiger partial charge in [0.1, 0.15) is 0 Å². The van der Waals surface area contributed by atoms with Crippen LogP contribution in [0, 0.1) is 0 Å². The highest BCUT2D eigenvalue weighted by atomic mass is 32.1. The first kappa shape index (κ1) is 24.9. The number of benzene rings is 1. The van der Waals surface area contributed by atoms with Gasteiger partial charge in [-0.1, -0.05) is 12.1 Å². The molecule has 1 fully saturated rings. The average Bonchev–Trinajstić information content (AvgIpc) is 3.47. The van der Waals surface area contributed by atoms with Crippen LogP contribution < -0.4 is 15.5 Å². The van der Waals surface area contributed by atoms with Crippen LogP contribution in [0.4, 0.5) is 10.8 Å². The van der Waals surface area contributed by atoms with Crippen LogP contribution in [0.1, 0.15) is 45.0 Å². The number of carbonyl (C=O) groups is 2. The fourth-order valence-corrected chi connectivity index (χ4v) is 4.82. The maximum Gasteiger partial charge on any atom is 0.253 e. The van der Waals surface area contributed by atoms with Crippen LogP contribution in [0.5, 0.6) is 0 Å². The number of nitrogens with one attached hydrogen (secondary N) is 2. The van der Waals surface area contributed by atoms with Crippen molar-refractivity contribution in [3.8, 4) is 11.3 Å². The monoisotopic (exact) mass is 495 g/mol. The molecule has 186 valence electrons. The van der Waals surface area contributed by atoms with Gasteiger partial charge < -0.3 is 24.8 Å². The van der Waals surface area contributed by atoms with Gasteiger partial charge in [0.05, 0.1) is 30.0 Å². The number of morpholine rings is 1. The topological polar surface area (TPSA) is 88.5 Å². The minimum Gasteiger partial charge on any atom is -0.372 e. The van der Waals surface area contributed by atoms with Crippen LogP contribution in [0.3, 0.4) is 0 Å². The van der Waals surface area contributed by atoms with Gasteiger partial charge in [0.25, 0.3) is 5.91 Å². The molecule has 2 amide bonds. The zero-order valence-electron chi connectivity index (χ0n) is 20.9. The predicted molar refractivity (Wildman–Crippen MR) is 140 cm³/mol. The summed E-state index contributed by atoms with van der Waals surface area (Å²) in [5.41, 5.74) is 3.33. The molecule has 8 nitrogen and oxygen atoms in total. The van der Waals surface area contributed by atoms with Crippen LogP contribution in [0.2, 0.25) is 0 Å². The Morgan fingerprint density at radius 3 is 2.60 bits per heavy atom. The lowest BCUT2D eigenvalue weighted by molar-refractivity contribution is -0.115. The van der Waals surface area contributed by atoms with Crippen molar-refractivity contribution in [2.45, 2.75) is 52.4 Å². The van der Waals surface area contributed by atoms with E-state index < -0.39 is 0 Å². The summed E-state index contributed by atoms with van der Waals surface area (Å²) in [6.45, 7) is 11.9. The Kier molecular flexibility index (Phi) is 7.28. The number of carbonyl (C=O) groups excluding carboxylic acids is 2. The molecule has 0 aliphatic carbocycles. The molecular formula is C26H33N5O3S. The minimum atomic E-state index is -0.320. The lowest BCUT2D eigenvalue weighted by atomic mass is 10.1. The molecule has 4 rings (SSSR count). The Morgan fingerprint density at radius 2 is 1.91 bits per heavy atom. The molecule has 2 atom stereocenters. The summed E-state index contributed by atoms with van der Waals surface area (Å²) in [6.07, 6.45) is 4.01. The Hall–Kier alpha value is -3.17. The van der Waals surface area contributed by atoms with Crippen molar-refractivity contribution < 1.29 is 14.3 Å². The van der Waals surface area contributed by atoms with Gasteiger partial charge >= 0.3 is 0 Å². The lowest BCUT2D eigenvalue weighted by Crippen LogP contribution is -2.45. The van der Waals surface area contributed by atoms with Gasteiger partial charge in [0.2, 0.25) is 5.91 Å². The Morgan fingerprint density at radius 1 is 1.17 bits per heavy atom. The van der Waals surface area contributed by atoms with Crippen LogP contribution in [0.15, 0.2) is 48.1 Å². The number of thiazole rings is 1. The number of aromatic nitrogens is 2. The molecule has 2 N–H and O–H groups in total. The molecular weight excluding hydrogens is 462 g/mol. The van der Waals surface area contributed by atoms with E-state index in [2.05, 4.69) is 67.3 Å². The highest BCUT2D eigenvalue weighted by Gasteiger charge is 2.23. The van der Waals surface area contributed by atoms with Gasteiger partial charge in [-0.25, -0.2) is 4.98 Å². The van der Waals surface area contributed by atoms with Gasteiger partial charge in [-0.2, -0.15) is 0 Å². The molecule has 0 saturated carbocycles. The molecule has 2 unspecified atom stereocenters. The van der Waals surface area contributed by atoms with Gasteiger partial charge in [-0.05, 0) is 52.8 Å². The average molecular weight is 496 g/mol. The van der Waals surface area contributed by atoms with E-state index in [1.165, 1.54) is 11.3 Å². The molecule has 0 bridgehead atoms. The number of amides is 2. The van der Waals surface area contributed by atoms with Crippen molar-refractivity contribution in [1.82, 2.24) is 14.9 Å². The first-order chi connectivity index (χ1) is 16.6. The number of nitrogens with zero attached hydrogens (tertiary/aromatic N) is 3. The number of rotatable bonds is 6. The minimum absolute atomic E-state index is 0.114. The second kappa shape index (κ2) is 10.2.